The van der Waals surface area contributed by atoms with Crippen molar-refractivity contribution in [3.63, 3.8) is 0 Å². The van der Waals surface area contributed by atoms with E-state index in [4.69, 9.17) is 27.9 Å². The maximum atomic E-state index is 6.19. The third kappa shape index (κ3) is 2.93. The van der Waals surface area contributed by atoms with Crippen molar-refractivity contribution in [2.24, 2.45) is 0 Å². The van der Waals surface area contributed by atoms with Crippen LogP contribution in [0.25, 0.3) is 11.3 Å². The lowest BCUT2D eigenvalue weighted by Crippen LogP contribution is -2.34. The zero-order chi connectivity index (χ0) is 13.2. The van der Waals surface area contributed by atoms with Crippen LogP contribution in [0.15, 0.2) is 23.6 Å². The second-order valence-electron chi connectivity index (χ2n) is 4.28. The number of thiazole rings is 1. The largest absolute Gasteiger partial charge is 0.378 e. The van der Waals surface area contributed by atoms with E-state index in [0.717, 1.165) is 29.4 Å². The summed E-state index contributed by atoms with van der Waals surface area (Å²) in [5, 5.41) is 7.73. The number of hydrogen-bond donors (Lipinski definition) is 1. The first-order valence-corrected chi connectivity index (χ1v) is 7.59. The van der Waals surface area contributed by atoms with E-state index in [9.17, 15) is 0 Å². The van der Waals surface area contributed by atoms with Gasteiger partial charge in [-0.2, -0.15) is 0 Å². The summed E-state index contributed by atoms with van der Waals surface area (Å²) in [5.41, 5.74) is 1.73. The molecule has 100 valence electrons. The van der Waals surface area contributed by atoms with Crippen molar-refractivity contribution in [3.05, 3.63) is 38.6 Å². The van der Waals surface area contributed by atoms with Gasteiger partial charge in [-0.3, -0.25) is 0 Å². The van der Waals surface area contributed by atoms with E-state index in [1.807, 2.05) is 11.4 Å². The molecule has 1 saturated heterocycles. The van der Waals surface area contributed by atoms with E-state index in [1.165, 1.54) is 0 Å². The molecule has 3 nitrogen and oxygen atoms in total. The summed E-state index contributed by atoms with van der Waals surface area (Å²) >= 11 is 13.8. The Bertz CT molecular complexity index is 582. The van der Waals surface area contributed by atoms with Crippen LogP contribution >= 0.6 is 34.5 Å². The van der Waals surface area contributed by atoms with Gasteiger partial charge in [0.25, 0.3) is 0 Å². The SMILES string of the molecule is Clc1ccc(Cl)c(-c2csc(C3COCCN3)n2)c1. The average Bonchev–Trinajstić information content (AvgIpc) is 2.92. The highest BCUT2D eigenvalue weighted by atomic mass is 35.5. The van der Waals surface area contributed by atoms with Crippen LogP contribution in [0.4, 0.5) is 0 Å². The minimum Gasteiger partial charge on any atom is -0.378 e. The van der Waals surface area contributed by atoms with Crippen molar-refractivity contribution in [2.75, 3.05) is 19.8 Å². The molecular weight excluding hydrogens is 303 g/mol. The van der Waals surface area contributed by atoms with Gasteiger partial charge in [0, 0.05) is 22.5 Å². The number of aromatic nitrogens is 1. The number of nitrogens with zero attached hydrogens (tertiary/aromatic N) is 1. The number of halogens is 2. The molecule has 6 heteroatoms. The number of hydrogen-bond acceptors (Lipinski definition) is 4. The third-order valence-electron chi connectivity index (χ3n) is 2.95. The molecular formula is C13H12Cl2N2OS. The van der Waals surface area contributed by atoms with Crippen LogP contribution in [-0.2, 0) is 4.74 Å². The van der Waals surface area contributed by atoms with E-state index < -0.39 is 0 Å². The molecule has 2 heterocycles. The topological polar surface area (TPSA) is 34.1 Å². The highest BCUT2D eigenvalue weighted by molar-refractivity contribution is 7.10. The number of benzene rings is 1. The Balaban J connectivity index is 1.89. The van der Waals surface area contributed by atoms with Crippen molar-refractivity contribution in [1.82, 2.24) is 10.3 Å². The van der Waals surface area contributed by atoms with E-state index in [0.29, 0.717) is 16.7 Å². The van der Waals surface area contributed by atoms with Gasteiger partial charge >= 0.3 is 0 Å². The Morgan fingerprint density at radius 3 is 3.05 bits per heavy atom. The first-order valence-electron chi connectivity index (χ1n) is 5.96. The highest BCUT2D eigenvalue weighted by Crippen LogP contribution is 2.32. The molecule has 0 spiro atoms. The summed E-state index contributed by atoms with van der Waals surface area (Å²) in [7, 11) is 0. The quantitative estimate of drug-likeness (QED) is 0.916. The summed E-state index contributed by atoms with van der Waals surface area (Å²) in [6.45, 7) is 2.28. The summed E-state index contributed by atoms with van der Waals surface area (Å²) < 4.78 is 5.45. The van der Waals surface area contributed by atoms with E-state index >= 15 is 0 Å². The number of rotatable bonds is 2. The normalized spacial score (nSPS) is 19.6. The molecule has 1 aliphatic rings. The van der Waals surface area contributed by atoms with Crippen LogP contribution in [0.3, 0.4) is 0 Å². The minimum atomic E-state index is 0.172. The van der Waals surface area contributed by atoms with E-state index in [1.54, 1.807) is 23.5 Å². The van der Waals surface area contributed by atoms with Gasteiger partial charge in [0.15, 0.2) is 0 Å². The van der Waals surface area contributed by atoms with Gasteiger partial charge in [-0.15, -0.1) is 11.3 Å². The van der Waals surface area contributed by atoms with Crippen molar-refractivity contribution in [1.29, 1.82) is 0 Å². The molecule has 1 unspecified atom stereocenters. The lowest BCUT2D eigenvalue weighted by atomic mass is 10.2. The van der Waals surface area contributed by atoms with Gasteiger partial charge in [0.1, 0.15) is 5.01 Å². The Kier molecular flexibility index (Phi) is 4.05. The minimum absolute atomic E-state index is 0.172. The van der Waals surface area contributed by atoms with Gasteiger partial charge in [-0.25, -0.2) is 4.98 Å². The average molecular weight is 315 g/mol. The lowest BCUT2D eigenvalue weighted by molar-refractivity contribution is 0.0768. The monoisotopic (exact) mass is 314 g/mol. The Morgan fingerprint density at radius 1 is 1.37 bits per heavy atom. The zero-order valence-corrected chi connectivity index (χ0v) is 12.4. The number of ether oxygens (including phenoxy) is 1. The predicted octanol–water partition coefficient (Wildman–Crippen LogP) is 3.78. The zero-order valence-electron chi connectivity index (χ0n) is 10.0. The summed E-state index contributed by atoms with van der Waals surface area (Å²) in [6.07, 6.45) is 0. The molecule has 0 saturated carbocycles. The van der Waals surface area contributed by atoms with Crippen LogP contribution in [0.1, 0.15) is 11.0 Å². The Morgan fingerprint density at radius 2 is 2.26 bits per heavy atom. The van der Waals surface area contributed by atoms with Gasteiger partial charge < -0.3 is 10.1 Å². The maximum absolute atomic E-state index is 6.19. The van der Waals surface area contributed by atoms with Crippen molar-refractivity contribution >= 4 is 34.5 Å². The molecule has 0 amide bonds. The lowest BCUT2D eigenvalue weighted by Gasteiger charge is -2.21. The van der Waals surface area contributed by atoms with Crippen LogP contribution in [0, 0.1) is 0 Å². The molecule has 19 heavy (non-hydrogen) atoms. The first-order chi connectivity index (χ1) is 9.24. The van der Waals surface area contributed by atoms with E-state index in [-0.39, 0.29) is 6.04 Å². The van der Waals surface area contributed by atoms with Crippen LogP contribution in [-0.4, -0.2) is 24.7 Å². The first kappa shape index (κ1) is 13.3. The summed E-state index contributed by atoms with van der Waals surface area (Å²) in [4.78, 5) is 4.64. The fraction of sp³-hybridized carbons (Fsp3) is 0.308. The molecule has 0 radical (unpaired) electrons. The molecule has 2 aromatic rings. The van der Waals surface area contributed by atoms with Crippen molar-refractivity contribution in [3.8, 4) is 11.3 Å². The molecule has 1 fully saturated rings. The molecule has 0 bridgehead atoms. The van der Waals surface area contributed by atoms with Crippen molar-refractivity contribution < 1.29 is 4.74 Å². The van der Waals surface area contributed by atoms with Crippen molar-refractivity contribution in [2.45, 2.75) is 6.04 Å². The second-order valence-corrected chi connectivity index (χ2v) is 6.01. The molecule has 1 aromatic carbocycles. The van der Waals surface area contributed by atoms with Gasteiger partial charge in [-0.05, 0) is 18.2 Å². The van der Waals surface area contributed by atoms with Gasteiger partial charge in [0.2, 0.25) is 0 Å². The molecule has 3 rings (SSSR count). The maximum Gasteiger partial charge on any atom is 0.113 e. The van der Waals surface area contributed by atoms with Crippen LogP contribution in [0.2, 0.25) is 10.0 Å². The molecule has 1 N–H and O–H groups in total. The molecule has 1 aromatic heterocycles. The number of nitrogens with one attached hydrogen (secondary N) is 1. The fourth-order valence-electron chi connectivity index (χ4n) is 1.99. The van der Waals surface area contributed by atoms with Gasteiger partial charge in [-0.1, -0.05) is 23.2 Å². The molecule has 1 atom stereocenters. The smallest absolute Gasteiger partial charge is 0.113 e. The third-order valence-corrected chi connectivity index (χ3v) is 4.47. The number of morpholine rings is 1. The summed E-state index contributed by atoms with van der Waals surface area (Å²) in [6, 6.07) is 5.58. The fourth-order valence-corrected chi connectivity index (χ4v) is 3.25. The van der Waals surface area contributed by atoms with Crippen LogP contribution < -0.4 is 5.32 Å². The second kappa shape index (κ2) is 5.77. The predicted molar refractivity (Wildman–Crippen MR) is 79.1 cm³/mol. The molecule has 0 aliphatic carbocycles. The Hall–Kier alpha value is -0.650. The highest BCUT2D eigenvalue weighted by Gasteiger charge is 2.19. The standard InChI is InChI=1S/C13H12Cl2N2OS/c14-8-1-2-10(15)9(5-8)12-7-19-13(17-12)11-6-18-4-3-16-11/h1-2,5,7,11,16H,3-4,6H2. The summed E-state index contributed by atoms with van der Waals surface area (Å²) in [5.74, 6) is 0. The Labute approximate surface area is 125 Å². The molecule has 1 aliphatic heterocycles. The van der Waals surface area contributed by atoms with E-state index in [2.05, 4.69) is 10.3 Å². The van der Waals surface area contributed by atoms with Crippen LogP contribution in [0.5, 0.6) is 0 Å². The van der Waals surface area contributed by atoms with Gasteiger partial charge in [0.05, 0.1) is 30.0 Å².